The van der Waals surface area contributed by atoms with Crippen LogP contribution < -0.4 is 10.7 Å². The van der Waals surface area contributed by atoms with Crippen molar-refractivity contribution in [2.75, 3.05) is 6.54 Å². The molecular formula is C25H23ClN4O5. The van der Waals surface area contributed by atoms with Gasteiger partial charge in [-0.15, -0.1) is 0 Å². The van der Waals surface area contributed by atoms with Crippen LogP contribution in [0, 0.1) is 17.0 Å². The zero-order valence-corrected chi connectivity index (χ0v) is 19.7. The number of fused-ring (bicyclic) bond motifs is 1. The van der Waals surface area contributed by atoms with Gasteiger partial charge in [0, 0.05) is 35.7 Å². The number of carbonyl (C=O) groups is 2. The number of benzene rings is 2. The van der Waals surface area contributed by atoms with Crippen LogP contribution in [-0.4, -0.2) is 29.0 Å². The number of hydrogen-bond acceptors (Lipinski definition) is 6. The molecule has 1 aromatic heterocycles. The number of nitrogens with zero attached hydrogens (tertiary/aromatic N) is 2. The van der Waals surface area contributed by atoms with Gasteiger partial charge in [0.25, 0.3) is 17.5 Å². The topological polar surface area (TPSA) is 127 Å². The Bertz CT molecular complexity index is 1320. The fourth-order valence-corrected chi connectivity index (χ4v) is 4.21. The van der Waals surface area contributed by atoms with Crippen LogP contribution in [0.2, 0.25) is 5.02 Å². The number of carbonyl (C=O) groups excluding carboxylic acids is 2. The summed E-state index contributed by atoms with van der Waals surface area (Å²) < 4.78 is 5.88. The van der Waals surface area contributed by atoms with E-state index in [1.807, 2.05) is 30.3 Å². The number of amides is 2. The third-order valence-electron chi connectivity index (χ3n) is 5.77. The number of rotatable bonds is 7. The van der Waals surface area contributed by atoms with E-state index >= 15 is 0 Å². The molecule has 2 aromatic carbocycles. The zero-order valence-electron chi connectivity index (χ0n) is 19.0. The molecule has 2 N–H and O–H groups in total. The van der Waals surface area contributed by atoms with Crippen molar-refractivity contribution in [1.82, 2.24) is 10.7 Å². The van der Waals surface area contributed by atoms with Crippen molar-refractivity contribution in [2.45, 2.75) is 32.6 Å². The van der Waals surface area contributed by atoms with Gasteiger partial charge in [-0.05, 0) is 43.9 Å². The summed E-state index contributed by atoms with van der Waals surface area (Å²) in [5.74, 6) is -0.0245. The molecule has 0 aliphatic heterocycles. The van der Waals surface area contributed by atoms with E-state index in [-0.39, 0.29) is 27.9 Å². The molecule has 0 atom stereocenters. The molecule has 0 saturated carbocycles. The first kappa shape index (κ1) is 24.2. The second kappa shape index (κ2) is 10.5. The lowest BCUT2D eigenvalue weighted by Gasteiger charge is -2.13. The SMILES string of the molecule is Cc1c(C(=O)NCCc2ccccc2)oc2c1/C(=N/NC(=O)c1ccc(Cl)c([N+](=O)[O-])c1)CCC2. The highest BCUT2D eigenvalue weighted by atomic mass is 35.5. The summed E-state index contributed by atoms with van der Waals surface area (Å²) in [6, 6.07) is 13.6. The summed E-state index contributed by atoms with van der Waals surface area (Å²) in [4.78, 5) is 35.8. The zero-order chi connectivity index (χ0) is 24.9. The Morgan fingerprint density at radius 3 is 2.66 bits per heavy atom. The van der Waals surface area contributed by atoms with Crippen molar-refractivity contribution < 1.29 is 18.9 Å². The molecule has 180 valence electrons. The largest absolute Gasteiger partial charge is 0.455 e. The average Bonchev–Trinajstić information content (AvgIpc) is 3.20. The minimum Gasteiger partial charge on any atom is -0.455 e. The molecule has 1 heterocycles. The fraction of sp³-hybridized carbons (Fsp3) is 0.240. The molecule has 9 nitrogen and oxygen atoms in total. The van der Waals surface area contributed by atoms with E-state index in [2.05, 4.69) is 15.8 Å². The van der Waals surface area contributed by atoms with Gasteiger partial charge < -0.3 is 9.73 Å². The van der Waals surface area contributed by atoms with Gasteiger partial charge in [0.2, 0.25) is 0 Å². The molecule has 0 radical (unpaired) electrons. The maximum Gasteiger partial charge on any atom is 0.288 e. The van der Waals surface area contributed by atoms with E-state index in [4.69, 9.17) is 16.0 Å². The molecule has 2 amide bonds. The van der Waals surface area contributed by atoms with Crippen molar-refractivity contribution in [3.05, 3.63) is 97.4 Å². The molecule has 10 heteroatoms. The highest BCUT2D eigenvalue weighted by molar-refractivity contribution is 6.32. The van der Waals surface area contributed by atoms with Crippen LogP contribution in [0.15, 0.2) is 58.0 Å². The summed E-state index contributed by atoms with van der Waals surface area (Å²) >= 11 is 5.82. The molecule has 0 fully saturated rings. The molecule has 0 bridgehead atoms. The summed E-state index contributed by atoms with van der Waals surface area (Å²) in [7, 11) is 0. The highest BCUT2D eigenvalue weighted by Gasteiger charge is 2.28. The number of halogens is 1. The summed E-state index contributed by atoms with van der Waals surface area (Å²) in [5.41, 5.74) is 5.24. The number of aryl methyl sites for hydroxylation is 1. The van der Waals surface area contributed by atoms with Crippen LogP contribution in [0.5, 0.6) is 0 Å². The molecule has 3 aromatic rings. The van der Waals surface area contributed by atoms with Crippen molar-refractivity contribution in [3.8, 4) is 0 Å². The number of nitrogens with one attached hydrogen (secondary N) is 2. The van der Waals surface area contributed by atoms with E-state index in [0.29, 0.717) is 48.4 Å². The van der Waals surface area contributed by atoms with E-state index < -0.39 is 10.8 Å². The molecule has 0 unspecified atom stereocenters. The maximum atomic E-state index is 12.8. The molecule has 4 rings (SSSR count). The van der Waals surface area contributed by atoms with Gasteiger partial charge >= 0.3 is 0 Å². The molecule has 0 spiro atoms. The monoisotopic (exact) mass is 494 g/mol. The molecule has 1 aliphatic carbocycles. The lowest BCUT2D eigenvalue weighted by atomic mass is 9.93. The van der Waals surface area contributed by atoms with Gasteiger partial charge in [-0.25, -0.2) is 5.43 Å². The minimum atomic E-state index is -0.653. The van der Waals surface area contributed by atoms with E-state index in [1.54, 1.807) is 6.92 Å². The summed E-state index contributed by atoms with van der Waals surface area (Å²) in [6.07, 6.45) is 2.69. The highest BCUT2D eigenvalue weighted by Crippen LogP contribution is 2.30. The van der Waals surface area contributed by atoms with Crippen molar-refractivity contribution >= 4 is 34.8 Å². The number of nitro benzene ring substituents is 1. The van der Waals surface area contributed by atoms with Crippen molar-refractivity contribution in [2.24, 2.45) is 5.10 Å². The van der Waals surface area contributed by atoms with Crippen LogP contribution in [0.25, 0.3) is 0 Å². The van der Waals surface area contributed by atoms with Gasteiger partial charge in [0.15, 0.2) is 5.76 Å². The van der Waals surface area contributed by atoms with E-state index in [1.165, 1.54) is 12.1 Å². The predicted octanol–water partition coefficient (Wildman–Crippen LogP) is 4.59. The van der Waals surface area contributed by atoms with Crippen LogP contribution in [-0.2, 0) is 12.8 Å². The lowest BCUT2D eigenvalue weighted by Crippen LogP contribution is -2.26. The number of nitro groups is 1. The van der Waals surface area contributed by atoms with E-state index in [9.17, 15) is 19.7 Å². The first-order chi connectivity index (χ1) is 16.8. The first-order valence-corrected chi connectivity index (χ1v) is 11.5. The Kier molecular flexibility index (Phi) is 7.26. The van der Waals surface area contributed by atoms with Gasteiger partial charge in [-0.3, -0.25) is 19.7 Å². The maximum absolute atomic E-state index is 12.8. The predicted molar refractivity (Wildman–Crippen MR) is 131 cm³/mol. The number of hydrazone groups is 1. The average molecular weight is 495 g/mol. The van der Waals surface area contributed by atoms with Crippen molar-refractivity contribution in [1.29, 1.82) is 0 Å². The van der Waals surface area contributed by atoms with Crippen LogP contribution in [0.4, 0.5) is 5.69 Å². The number of furan rings is 1. The normalized spacial score (nSPS) is 13.8. The number of hydrogen-bond donors (Lipinski definition) is 2. The second-order valence-electron chi connectivity index (χ2n) is 8.12. The smallest absolute Gasteiger partial charge is 0.288 e. The second-order valence-corrected chi connectivity index (χ2v) is 8.53. The third-order valence-corrected chi connectivity index (χ3v) is 6.09. The molecule has 0 saturated heterocycles. The van der Waals surface area contributed by atoms with Crippen LogP contribution >= 0.6 is 11.6 Å². The Morgan fingerprint density at radius 1 is 1.14 bits per heavy atom. The fourth-order valence-electron chi connectivity index (χ4n) is 4.02. The molecular weight excluding hydrogens is 472 g/mol. The molecule has 35 heavy (non-hydrogen) atoms. The van der Waals surface area contributed by atoms with Gasteiger partial charge in [-0.1, -0.05) is 41.9 Å². The van der Waals surface area contributed by atoms with E-state index in [0.717, 1.165) is 18.1 Å². The van der Waals surface area contributed by atoms with Gasteiger partial charge in [0.05, 0.1) is 10.6 Å². The third kappa shape index (κ3) is 5.41. The Labute approximate surface area is 206 Å². The summed E-state index contributed by atoms with van der Waals surface area (Å²) in [6.45, 7) is 2.26. The minimum absolute atomic E-state index is 0.0571. The Balaban J connectivity index is 1.48. The van der Waals surface area contributed by atoms with Gasteiger partial charge in [0.1, 0.15) is 10.8 Å². The first-order valence-electron chi connectivity index (χ1n) is 11.1. The van der Waals surface area contributed by atoms with Crippen LogP contribution in [0.3, 0.4) is 0 Å². The molecule has 1 aliphatic rings. The lowest BCUT2D eigenvalue weighted by molar-refractivity contribution is -0.384. The van der Waals surface area contributed by atoms with Crippen molar-refractivity contribution in [3.63, 3.8) is 0 Å². The Morgan fingerprint density at radius 2 is 1.91 bits per heavy atom. The standard InChI is InChI=1S/C25H23ClN4O5/c1-15-22-19(28-29-24(31)17-10-11-18(26)20(14-17)30(33)34)8-5-9-21(22)35-23(15)25(32)27-13-12-16-6-3-2-4-7-16/h2-4,6-7,10-11,14H,5,8-9,12-13H2,1H3,(H,27,32)(H,29,31)/b28-19+. The summed E-state index contributed by atoms with van der Waals surface area (Å²) in [5, 5.41) is 18.2. The van der Waals surface area contributed by atoms with Crippen LogP contribution in [0.1, 0.15) is 56.2 Å². The van der Waals surface area contributed by atoms with Gasteiger partial charge in [-0.2, -0.15) is 5.10 Å². The quantitative estimate of drug-likeness (QED) is 0.367. The Hall–Kier alpha value is -3.98.